The Morgan fingerprint density at radius 1 is 1.00 bits per heavy atom. The minimum atomic E-state index is -3.47. The fraction of sp³-hybridized carbons (Fsp3) is 0.235. The molecule has 0 saturated heterocycles. The molecular weight excluding hydrogens is 298 g/mol. The van der Waals surface area contributed by atoms with Crippen molar-refractivity contribution in [2.75, 3.05) is 5.75 Å². The quantitative estimate of drug-likeness (QED) is 0.890. The SMILES string of the molecule is C[C@H](NC(=O)CS(=O)(=O)Cc1ccccc1)c1ccccc1. The van der Waals surface area contributed by atoms with Crippen LogP contribution in [0, 0.1) is 0 Å². The van der Waals surface area contributed by atoms with Crippen LogP contribution in [0.5, 0.6) is 0 Å². The maximum absolute atomic E-state index is 12.1. The molecule has 0 saturated carbocycles. The molecule has 0 radical (unpaired) electrons. The molecule has 2 aromatic rings. The highest BCUT2D eigenvalue weighted by atomic mass is 32.2. The van der Waals surface area contributed by atoms with Gasteiger partial charge in [-0.1, -0.05) is 60.7 Å². The lowest BCUT2D eigenvalue weighted by Crippen LogP contribution is -2.32. The van der Waals surface area contributed by atoms with Crippen LogP contribution in [0.15, 0.2) is 60.7 Å². The molecule has 22 heavy (non-hydrogen) atoms. The molecule has 1 atom stereocenters. The van der Waals surface area contributed by atoms with E-state index in [4.69, 9.17) is 0 Å². The van der Waals surface area contributed by atoms with E-state index < -0.39 is 21.5 Å². The Balaban J connectivity index is 1.93. The van der Waals surface area contributed by atoms with Crippen LogP contribution in [-0.2, 0) is 20.4 Å². The lowest BCUT2D eigenvalue weighted by molar-refractivity contribution is -0.119. The van der Waals surface area contributed by atoms with Gasteiger partial charge in [-0.05, 0) is 18.1 Å². The molecule has 5 heteroatoms. The van der Waals surface area contributed by atoms with E-state index in [1.807, 2.05) is 43.3 Å². The number of rotatable bonds is 6. The molecule has 0 aliphatic rings. The highest BCUT2D eigenvalue weighted by Crippen LogP contribution is 2.11. The summed E-state index contributed by atoms with van der Waals surface area (Å²) in [7, 11) is -3.47. The van der Waals surface area contributed by atoms with Crippen LogP contribution in [-0.4, -0.2) is 20.1 Å². The van der Waals surface area contributed by atoms with Crippen LogP contribution in [0.25, 0.3) is 0 Å². The van der Waals surface area contributed by atoms with Gasteiger partial charge in [0.1, 0.15) is 5.75 Å². The standard InChI is InChI=1S/C17H19NO3S/c1-14(16-10-6-3-7-11-16)18-17(19)13-22(20,21)12-15-8-4-2-5-9-15/h2-11,14H,12-13H2,1H3,(H,18,19)/t14-/m0/s1. The zero-order valence-electron chi connectivity index (χ0n) is 12.4. The maximum Gasteiger partial charge on any atom is 0.235 e. The average Bonchev–Trinajstić information content (AvgIpc) is 2.47. The van der Waals surface area contributed by atoms with Gasteiger partial charge in [0.2, 0.25) is 5.91 Å². The molecule has 4 nitrogen and oxygen atoms in total. The molecular formula is C17H19NO3S. The third-order valence-corrected chi connectivity index (χ3v) is 4.73. The number of nitrogens with one attached hydrogen (secondary N) is 1. The van der Waals surface area contributed by atoms with Gasteiger partial charge in [-0.15, -0.1) is 0 Å². The predicted octanol–water partition coefficient (Wildman–Crippen LogP) is 2.48. The van der Waals surface area contributed by atoms with Crippen molar-refractivity contribution >= 4 is 15.7 Å². The summed E-state index contributed by atoms with van der Waals surface area (Å²) in [6, 6.07) is 18.1. The van der Waals surface area contributed by atoms with Crippen LogP contribution in [0.1, 0.15) is 24.1 Å². The summed E-state index contributed by atoms with van der Waals surface area (Å²) in [6.45, 7) is 1.83. The van der Waals surface area contributed by atoms with Crippen LogP contribution >= 0.6 is 0 Å². The number of benzene rings is 2. The summed E-state index contributed by atoms with van der Waals surface area (Å²) in [4.78, 5) is 11.9. The van der Waals surface area contributed by atoms with Gasteiger partial charge in [-0.2, -0.15) is 0 Å². The molecule has 1 N–H and O–H groups in total. The van der Waals surface area contributed by atoms with Crippen LogP contribution in [0.4, 0.5) is 0 Å². The minimum Gasteiger partial charge on any atom is -0.349 e. The first kappa shape index (κ1) is 16.2. The van der Waals surface area contributed by atoms with Crippen LogP contribution in [0.2, 0.25) is 0 Å². The first-order valence-electron chi connectivity index (χ1n) is 7.05. The molecule has 0 fully saturated rings. The molecule has 0 bridgehead atoms. The van der Waals surface area contributed by atoms with Crippen molar-refractivity contribution in [3.05, 3.63) is 71.8 Å². The molecule has 0 heterocycles. The summed E-state index contributed by atoms with van der Waals surface area (Å²) in [6.07, 6.45) is 0. The van der Waals surface area contributed by atoms with Crippen LogP contribution < -0.4 is 5.32 Å². The monoisotopic (exact) mass is 317 g/mol. The summed E-state index contributed by atoms with van der Waals surface area (Å²) in [5.74, 6) is -1.10. The van der Waals surface area contributed by atoms with E-state index in [9.17, 15) is 13.2 Å². The normalized spacial score (nSPS) is 12.6. The zero-order chi connectivity index (χ0) is 16.0. The molecule has 0 spiro atoms. The fourth-order valence-electron chi connectivity index (χ4n) is 2.19. The van der Waals surface area contributed by atoms with Crippen molar-refractivity contribution in [2.24, 2.45) is 0 Å². The number of carbonyl (C=O) groups excluding carboxylic acids is 1. The van der Waals surface area contributed by atoms with Crippen molar-refractivity contribution in [1.82, 2.24) is 5.32 Å². The second-order valence-corrected chi connectivity index (χ2v) is 7.28. The first-order chi connectivity index (χ1) is 10.5. The van der Waals surface area contributed by atoms with Gasteiger partial charge >= 0.3 is 0 Å². The van der Waals surface area contributed by atoms with Crippen molar-refractivity contribution in [1.29, 1.82) is 0 Å². The van der Waals surface area contributed by atoms with E-state index in [1.165, 1.54) is 0 Å². The molecule has 0 aliphatic carbocycles. The van der Waals surface area contributed by atoms with Gasteiger partial charge in [0.05, 0.1) is 11.8 Å². The maximum atomic E-state index is 12.1. The largest absolute Gasteiger partial charge is 0.349 e. The third-order valence-electron chi connectivity index (χ3n) is 3.26. The Kier molecular flexibility index (Phi) is 5.33. The summed E-state index contributed by atoms with van der Waals surface area (Å²) in [5, 5.41) is 2.72. The van der Waals surface area contributed by atoms with E-state index in [-0.39, 0.29) is 11.8 Å². The number of amides is 1. The second kappa shape index (κ2) is 7.22. The molecule has 2 rings (SSSR count). The van der Waals surface area contributed by atoms with Crippen molar-refractivity contribution in [3.8, 4) is 0 Å². The van der Waals surface area contributed by atoms with Gasteiger partial charge in [0.15, 0.2) is 9.84 Å². The Hall–Kier alpha value is -2.14. The van der Waals surface area contributed by atoms with E-state index in [0.29, 0.717) is 5.56 Å². The Morgan fingerprint density at radius 3 is 2.14 bits per heavy atom. The molecule has 1 amide bonds. The van der Waals surface area contributed by atoms with E-state index in [0.717, 1.165) is 5.56 Å². The third kappa shape index (κ3) is 5.00. The molecule has 116 valence electrons. The number of sulfone groups is 1. The smallest absolute Gasteiger partial charge is 0.235 e. The second-order valence-electron chi connectivity index (χ2n) is 5.22. The topological polar surface area (TPSA) is 63.2 Å². The van der Waals surface area contributed by atoms with Gasteiger partial charge in [0, 0.05) is 0 Å². The summed E-state index contributed by atoms with van der Waals surface area (Å²) < 4.78 is 24.1. The Bertz CT molecular complexity index is 712. The van der Waals surface area contributed by atoms with Crippen LogP contribution in [0.3, 0.4) is 0 Å². The molecule has 2 aromatic carbocycles. The summed E-state index contributed by atoms with van der Waals surface area (Å²) >= 11 is 0. The minimum absolute atomic E-state index is 0.124. The Morgan fingerprint density at radius 2 is 1.55 bits per heavy atom. The van der Waals surface area contributed by atoms with Gasteiger partial charge < -0.3 is 5.32 Å². The van der Waals surface area contributed by atoms with E-state index in [1.54, 1.807) is 24.3 Å². The van der Waals surface area contributed by atoms with Crippen molar-refractivity contribution in [2.45, 2.75) is 18.7 Å². The predicted molar refractivity (Wildman–Crippen MR) is 86.9 cm³/mol. The lowest BCUT2D eigenvalue weighted by atomic mass is 10.1. The fourth-order valence-corrected chi connectivity index (χ4v) is 3.47. The van der Waals surface area contributed by atoms with Crippen molar-refractivity contribution in [3.63, 3.8) is 0 Å². The number of hydrogen-bond acceptors (Lipinski definition) is 3. The molecule has 0 aromatic heterocycles. The van der Waals surface area contributed by atoms with E-state index in [2.05, 4.69) is 5.32 Å². The zero-order valence-corrected chi connectivity index (χ0v) is 13.2. The van der Waals surface area contributed by atoms with Gasteiger partial charge in [-0.3, -0.25) is 4.79 Å². The highest BCUT2D eigenvalue weighted by Gasteiger charge is 2.19. The van der Waals surface area contributed by atoms with Gasteiger partial charge in [-0.25, -0.2) is 8.42 Å². The number of hydrogen-bond donors (Lipinski definition) is 1. The van der Waals surface area contributed by atoms with Gasteiger partial charge in [0.25, 0.3) is 0 Å². The van der Waals surface area contributed by atoms with Crippen molar-refractivity contribution < 1.29 is 13.2 Å². The molecule has 0 aliphatic heterocycles. The lowest BCUT2D eigenvalue weighted by Gasteiger charge is -2.14. The average molecular weight is 317 g/mol. The summed E-state index contributed by atoms with van der Waals surface area (Å²) in [5.41, 5.74) is 1.63. The first-order valence-corrected chi connectivity index (χ1v) is 8.87. The molecule has 0 unspecified atom stereocenters. The van der Waals surface area contributed by atoms with E-state index >= 15 is 0 Å². The Labute approximate surface area is 131 Å². The highest BCUT2D eigenvalue weighted by molar-refractivity contribution is 7.91. The number of carbonyl (C=O) groups is 1.